The maximum absolute atomic E-state index is 10.5. The number of aliphatic hydroxyl groups excluding tert-OH is 5. The Bertz CT molecular complexity index is 1820. The number of fused-ring (bicyclic) bond motifs is 1. The topological polar surface area (TPSA) is 178 Å². The minimum atomic E-state index is -1.74. The molecule has 0 aliphatic carbocycles. The van der Waals surface area contributed by atoms with E-state index in [4.69, 9.17) is 35.7 Å². The largest absolute Gasteiger partial charge is 0.488 e. The molecule has 12 nitrogen and oxygen atoms in total. The molecular weight excluding hydrogens is 666 g/mol. The van der Waals surface area contributed by atoms with Crippen LogP contribution in [0.5, 0.6) is 23.0 Å². The highest BCUT2D eigenvalue weighted by Gasteiger charge is 2.31. The molecule has 1 aromatic heterocycles. The Balaban J connectivity index is 1.35. The van der Waals surface area contributed by atoms with Gasteiger partial charge in [-0.05, 0) is 60.5 Å². The van der Waals surface area contributed by atoms with Gasteiger partial charge in [0, 0.05) is 42.7 Å². The third kappa shape index (κ3) is 9.01. The predicted molar refractivity (Wildman–Crippen MR) is 184 cm³/mol. The molecule has 3 aromatic carbocycles. The molecule has 0 saturated heterocycles. The lowest BCUT2D eigenvalue weighted by atomic mass is 9.96. The lowest BCUT2D eigenvalue weighted by molar-refractivity contribution is -0.118. The maximum atomic E-state index is 10.5. The van der Waals surface area contributed by atoms with Gasteiger partial charge in [0.15, 0.2) is 11.5 Å². The first-order valence-electron chi connectivity index (χ1n) is 16.0. The monoisotopic (exact) mass is 705 g/mol. The highest BCUT2D eigenvalue weighted by molar-refractivity contribution is 6.32. The summed E-state index contributed by atoms with van der Waals surface area (Å²) in [6, 6.07) is 19.0. The van der Waals surface area contributed by atoms with E-state index in [1.807, 2.05) is 43.3 Å². The van der Waals surface area contributed by atoms with E-state index in [1.54, 1.807) is 36.3 Å². The molecule has 4 atom stereocenters. The second-order valence-corrected chi connectivity index (χ2v) is 12.5. The van der Waals surface area contributed by atoms with Crippen LogP contribution in [0.1, 0.15) is 27.8 Å². The van der Waals surface area contributed by atoms with Crippen molar-refractivity contribution in [1.29, 1.82) is 5.26 Å². The number of likely N-dealkylation sites (N-methyl/N-ethyl adjacent to an activating group) is 1. The van der Waals surface area contributed by atoms with Gasteiger partial charge in [0.2, 0.25) is 0 Å². The van der Waals surface area contributed by atoms with E-state index >= 15 is 0 Å². The van der Waals surface area contributed by atoms with Gasteiger partial charge in [-0.3, -0.25) is 9.88 Å². The quantitative estimate of drug-likeness (QED) is 0.122. The maximum Gasteiger partial charge on any atom is 0.161 e. The van der Waals surface area contributed by atoms with Crippen LogP contribution < -0.4 is 18.9 Å². The summed E-state index contributed by atoms with van der Waals surface area (Å²) in [5.74, 6) is 2.22. The molecule has 5 N–H and O–H groups in total. The zero-order valence-electron chi connectivity index (χ0n) is 27.7. The van der Waals surface area contributed by atoms with Gasteiger partial charge in [0.25, 0.3) is 0 Å². The molecule has 4 aromatic rings. The van der Waals surface area contributed by atoms with Crippen molar-refractivity contribution in [1.82, 2.24) is 9.88 Å². The lowest BCUT2D eigenvalue weighted by Crippen LogP contribution is -2.49. The van der Waals surface area contributed by atoms with Crippen molar-refractivity contribution in [3.63, 3.8) is 0 Å². The molecule has 50 heavy (non-hydrogen) atoms. The second kappa shape index (κ2) is 17.0. The third-order valence-electron chi connectivity index (χ3n) is 8.38. The van der Waals surface area contributed by atoms with Gasteiger partial charge in [0.05, 0.1) is 23.3 Å². The minimum Gasteiger partial charge on any atom is -0.488 e. The van der Waals surface area contributed by atoms with Gasteiger partial charge in [-0.2, -0.15) is 5.26 Å². The number of aromatic nitrogens is 1. The van der Waals surface area contributed by atoms with Crippen molar-refractivity contribution >= 4 is 11.6 Å². The number of ether oxygens (including phenoxy) is 4. The fraction of sp³-hybridized carbons (Fsp3) is 0.351. The zero-order valence-corrected chi connectivity index (χ0v) is 28.5. The molecule has 264 valence electrons. The molecule has 0 radical (unpaired) electrons. The summed E-state index contributed by atoms with van der Waals surface area (Å²) in [7, 11) is 1.69. The van der Waals surface area contributed by atoms with E-state index in [2.05, 4.69) is 11.1 Å². The van der Waals surface area contributed by atoms with Crippen LogP contribution in [0.4, 0.5) is 0 Å². The molecule has 0 bridgehead atoms. The number of pyridine rings is 1. The van der Waals surface area contributed by atoms with Crippen LogP contribution in [0.25, 0.3) is 11.1 Å². The Morgan fingerprint density at radius 3 is 2.40 bits per heavy atom. The number of nitrogens with zero attached hydrogens (tertiary/aromatic N) is 3. The van der Waals surface area contributed by atoms with Crippen LogP contribution in [0.15, 0.2) is 67.0 Å². The summed E-state index contributed by atoms with van der Waals surface area (Å²) in [5.41, 5.74) is 5.67. The summed E-state index contributed by atoms with van der Waals surface area (Å²) >= 11 is 6.75. The number of halogens is 1. The Morgan fingerprint density at radius 1 is 0.900 bits per heavy atom. The minimum absolute atomic E-state index is 0.0869. The molecule has 0 fully saturated rings. The molecule has 0 saturated carbocycles. The Morgan fingerprint density at radius 2 is 1.64 bits per heavy atom. The van der Waals surface area contributed by atoms with E-state index in [9.17, 15) is 25.7 Å². The van der Waals surface area contributed by atoms with Gasteiger partial charge in [-0.1, -0.05) is 35.9 Å². The second-order valence-electron chi connectivity index (χ2n) is 12.1. The summed E-state index contributed by atoms with van der Waals surface area (Å²) in [6.45, 7) is 2.67. The first kappa shape index (κ1) is 36.8. The number of rotatable bonds is 15. The number of hydrogen-bond acceptors (Lipinski definition) is 12. The Kier molecular flexibility index (Phi) is 12.5. The van der Waals surface area contributed by atoms with Crippen LogP contribution in [-0.2, 0) is 19.8 Å². The molecule has 5 rings (SSSR count). The highest BCUT2D eigenvalue weighted by atomic mass is 35.5. The summed E-state index contributed by atoms with van der Waals surface area (Å²) in [4.78, 5) is 5.77. The number of aliphatic hydroxyl groups is 5. The fourth-order valence-corrected chi connectivity index (χ4v) is 5.84. The van der Waals surface area contributed by atoms with Crippen molar-refractivity contribution in [3.05, 3.63) is 99.8 Å². The van der Waals surface area contributed by atoms with Crippen LogP contribution in [0.3, 0.4) is 0 Å². The van der Waals surface area contributed by atoms with Gasteiger partial charge < -0.3 is 44.5 Å². The predicted octanol–water partition coefficient (Wildman–Crippen LogP) is 3.38. The molecule has 1 aliphatic heterocycles. The highest BCUT2D eigenvalue weighted by Crippen LogP contribution is 2.38. The van der Waals surface area contributed by atoms with Crippen LogP contribution in [0, 0.1) is 18.3 Å². The van der Waals surface area contributed by atoms with Gasteiger partial charge in [-0.25, -0.2) is 0 Å². The molecule has 2 heterocycles. The third-order valence-corrected chi connectivity index (χ3v) is 8.68. The van der Waals surface area contributed by atoms with E-state index in [0.717, 1.165) is 28.0 Å². The van der Waals surface area contributed by atoms with Crippen LogP contribution in [-0.4, -0.2) is 93.2 Å². The normalized spacial score (nSPS) is 14.8. The van der Waals surface area contributed by atoms with Gasteiger partial charge in [0.1, 0.15) is 62.3 Å². The average Bonchev–Trinajstić information content (AvgIpc) is 3.13. The lowest BCUT2D eigenvalue weighted by Gasteiger charge is -2.29. The Hall–Kier alpha value is -4.45. The first-order valence-corrected chi connectivity index (χ1v) is 16.4. The number of hydrogen-bond donors (Lipinski definition) is 5. The summed E-state index contributed by atoms with van der Waals surface area (Å²) in [6.07, 6.45) is -3.44. The average molecular weight is 706 g/mol. The molecule has 0 amide bonds. The smallest absolute Gasteiger partial charge is 0.161 e. The van der Waals surface area contributed by atoms with Crippen molar-refractivity contribution in [2.75, 3.05) is 33.4 Å². The molecule has 1 aliphatic rings. The zero-order chi connectivity index (χ0) is 35.8. The molecular formula is C37H40ClN3O9. The van der Waals surface area contributed by atoms with Crippen molar-refractivity contribution in [2.24, 2.45) is 0 Å². The van der Waals surface area contributed by atoms with E-state index in [-0.39, 0.29) is 26.3 Å². The van der Waals surface area contributed by atoms with Crippen molar-refractivity contribution in [2.45, 2.75) is 51.1 Å². The van der Waals surface area contributed by atoms with Crippen molar-refractivity contribution in [3.8, 4) is 40.2 Å². The first-order chi connectivity index (χ1) is 24.1. The van der Waals surface area contributed by atoms with Crippen LogP contribution in [0.2, 0.25) is 5.02 Å². The standard InChI is InChI=1S/C37H40ClN3O9/c1-22-26(4-3-5-28(22)25-6-7-32-35(12-25)48-9-8-47-32)21-50-34-13-33(49-20-24-10-23(14-39)15-40-16-24)27(11-29(34)38)17-41(2)18-30(43)36(45)37(46)31(44)19-42/h3-7,10-13,15-16,30-31,36-37,42-46H,8-9,17-21H2,1-2H3/t30-,31-,36-,37+/m1/s1. The summed E-state index contributed by atoms with van der Waals surface area (Å²) in [5, 5.41) is 59.2. The Labute approximate surface area is 295 Å². The summed E-state index contributed by atoms with van der Waals surface area (Å²) < 4.78 is 23.9. The van der Waals surface area contributed by atoms with E-state index in [1.165, 1.54) is 6.20 Å². The fourth-order valence-electron chi connectivity index (χ4n) is 5.60. The van der Waals surface area contributed by atoms with Crippen LogP contribution >= 0.6 is 11.6 Å². The van der Waals surface area contributed by atoms with Crippen molar-refractivity contribution < 1.29 is 44.5 Å². The van der Waals surface area contributed by atoms with Gasteiger partial charge >= 0.3 is 0 Å². The van der Waals surface area contributed by atoms with Gasteiger partial charge in [-0.15, -0.1) is 0 Å². The SMILES string of the molecule is Cc1c(COc2cc(OCc3cncc(C#N)c3)c(CN(C)C[C@@H](O)[C@@H](O)[C@@H](O)[C@H](O)CO)cc2Cl)cccc1-c1ccc2c(c1)OCCO2. The number of nitriles is 1. The molecule has 0 unspecified atom stereocenters. The number of benzene rings is 3. The van der Waals surface area contributed by atoms with E-state index < -0.39 is 31.0 Å². The van der Waals surface area contributed by atoms with E-state index in [0.29, 0.717) is 52.2 Å². The molecule has 13 heteroatoms. The molecule has 0 spiro atoms.